The summed E-state index contributed by atoms with van der Waals surface area (Å²) in [5.41, 5.74) is 2.32. The van der Waals surface area contributed by atoms with E-state index in [0.717, 1.165) is 43.9 Å². The number of likely N-dealkylation sites (tertiary alicyclic amines) is 1. The first-order chi connectivity index (χ1) is 15.5. The van der Waals surface area contributed by atoms with Gasteiger partial charge in [-0.15, -0.1) is 0 Å². The minimum Gasteiger partial charge on any atom is -0.497 e. The first-order valence-electron chi connectivity index (χ1n) is 11.2. The quantitative estimate of drug-likeness (QED) is 0.345. The summed E-state index contributed by atoms with van der Waals surface area (Å²) in [7, 11) is 1.56. The first-order valence-corrected chi connectivity index (χ1v) is 11.2. The average Bonchev–Trinajstić information content (AvgIpc) is 3.08. The number of hydrogen-bond donors (Lipinski definition) is 2. The number of piperazine rings is 1. The van der Waals surface area contributed by atoms with Gasteiger partial charge in [0.1, 0.15) is 37.8 Å². The second kappa shape index (κ2) is 9.63. The summed E-state index contributed by atoms with van der Waals surface area (Å²) < 4.78 is 5.18. The van der Waals surface area contributed by atoms with Gasteiger partial charge in [-0.2, -0.15) is 0 Å². The van der Waals surface area contributed by atoms with Crippen molar-refractivity contribution in [3.63, 3.8) is 0 Å². The van der Waals surface area contributed by atoms with Gasteiger partial charge >= 0.3 is 0 Å². The molecule has 32 heavy (non-hydrogen) atoms. The van der Waals surface area contributed by atoms with Crippen LogP contribution >= 0.6 is 0 Å². The number of ketones is 2. The molecule has 1 amide bonds. The Morgan fingerprint density at radius 1 is 1.06 bits per heavy atom. The Labute approximate surface area is 188 Å². The van der Waals surface area contributed by atoms with E-state index in [0.29, 0.717) is 17.9 Å². The Hall–Kier alpha value is -3.03. The van der Waals surface area contributed by atoms with E-state index in [9.17, 15) is 14.4 Å². The van der Waals surface area contributed by atoms with Gasteiger partial charge in [0.05, 0.1) is 26.2 Å². The number of amides is 1. The topological polar surface area (TPSA) is 84.7 Å². The fourth-order valence-electron chi connectivity index (χ4n) is 4.71. The van der Waals surface area contributed by atoms with Crippen molar-refractivity contribution in [3.05, 3.63) is 65.2 Å². The molecule has 2 heterocycles. The number of carbonyl (C=O) groups is 3. The van der Waals surface area contributed by atoms with Crippen LogP contribution in [0.3, 0.4) is 0 Å². The van der Waals surface area contributed by atoms with Crippen molar-refractivity contribution in [1.29, 1.82) is 0 Å². The van der Waals surface area contributed by atoms with Crippen molar-refractivity contribution in [2.75, 3.05) is 46.4 Å². The maximum absolute atomic E-state index is 13.5. The molecule has 2 unspecified atom stereocenters. The van der Waals surface area contributed by atoms with Crippen LogP contribution in [0.25, 0.3) is 0 Å². The minimum absolute atomic E-state index is 0.320. The highest BCUT2D eigenvalue weighted by Gasteiger charge is 2.51. The number of carbonyl (C=O) groups excluding carboxylic acids is 3. The third-order valence-electron chi connectivity index (χ3n) is 6.59. The lowest BCUT2D eigenvalue weighted by atomic mass is 9.86. The van der Waals surface area contributed by atoms with Crippen molar-refractivity contribution in [1.82, 2.24) is 4.90 Å². The standard InChI is InChI=1S/C25H29N3O4/c1-17-3-5-18(6-4-17)22-21(23(29)19-7-9-20(32-2)10-8-19)24(30)25(31)28(22)16-15-27-13-11-26-12-14-27/h3-10,21-22,26H,11-16H2,1-2H3/p+2. The van der Waals surface area contributed by atoms with Gasteiger partial charge in [-0.1, -0.05) is 29.8 Å². The van der Waals surface area contributed by atoms with Crippen molar-refractivity contribution in [2.45, 2.75) is 13.0 Å². The first kappa shape index (κ1) is 22.2. The Morgan fingerprint density at radius 2 is 1.72 bits per heavy atom. The van der Waals surface area contributed by atoms with Crippen LogP contribution in [-0.2, 0) is 9.59 Å². The van der Waals surface area contributed by atoms with Crippen LogP contribution in [-0.4, -0.2) is 68.8 Å². The highest BCUT2D eigenvalue weighted by molar-refractivity contribution is 6.44. The molecule has 2 saturated heterocycles. The Bertz CT molecular complexity index is 981. The highest BCUT2D eigenvalue weighted by atomic mass is 16.5. The molecule has 4 rings (SSSR count). The predicted octanol–water partition coefficient (Wildman–Crippen LogP) is -0.583. The lowest BCUT2D eigenvalue weighted by Crippen LogP contribution is -3.20. The Kier molecular flexibility index (Phi) is 6.67. The van der Waals surface area contributed by atoms with Gasteiger partial charge in [-0.25, -0.2) is 0 Å². The molecule has 2 aromatic carbocycles. The zero-order chi connectivity index (χ0) is 22.7. The summed E-state index contributed by atoms with van der Waals surface area (Å²) in [5.74, 6) is -1.89. The number of hydrogen-bond acceptors (Lipinski definition) is 4. The van der Waals surface area contributed by atoms with Gasteiger partial charge < -0.3 is 19.9 Å². The zero-order valence-corrected chi connectivity index (χ0v) is 18.7. The number of nitrogens with one attached hydrogen (secondary N) is 1. The Balaban J connectivity index is 1.64. The summed E-state index contributed by atoms with van der Waals surface area (Å²) in [6.07, 6.45) is 0. The van der Waals surface area contributed by atoms with Crippen LogP contribution < -0.4 is 15.0 Å². The second-order valence-electron chi connectivity index (χ2n) is 8.65. The lowest BCUT2D eigenvalue weighted by molar-refractivity contribution is -0.946. The van der Waals surface area contributed by atoms with Crippen molar-refractivity contribution < 1.29 is 29.3 Å². The van der Waals surface area contributed by atoms with Crippen LogP contribution in [0.15, 0.2) is 48.5 Å². The van der Waals surface area contributed by atoms with E-state index in [1.807, 2.05) is 31.2 Å². The molecule has 2 atom stereocenters. The molecular weight excluding hydrogens is 406 g/mol. The predicted molar refractivity (Wildman–Crippen MR) is 119 cm³/mol. The number of nitrogens with two attached hydrogens (primary N) is 1. The molecule has 0 aromatic heterocycles. The molecular formula is C25H31N3O4+2. The Morgan fingerprint density at radius 3 is 2.34 bits per heavy atom. The molecule has 7 heteroatoms. The van der Waals surface area contributed by atoms with Crippen LogP contribution in [0, 0.1) is 12.8 Å². The van der Waals surface area contributed by atoms with Crippen molar-refractivity contribution in [3.8, 4) is 5.75 Å². The molecule has 2 fully saturated rings. The number of nitrogens with zero attached hydrogens (tertiary/aromatic N) is 1. The van der Waals surface area contributed by atoms with Gasteiger partial charge in [0, 0.05) is 5.56 Å². The number of rotatable bonds is 7. The SMILES string of the molecule is COc1ccc(C(=O)C2C(=O)C(=O)N(CC[NH+]3CC[NH2+]CC3)C2c2ccc(C)cc2)cc1. The summed E-state index contributed by atoms with van der Waals surface area (Å²) in [5, 5.41) is 2.30. The normalized spacial score (nSPS) is 21.8. The lowest BCUT2D eigenvalue weighted by Gasteiger charge is -2.29. The number of aryl methyl sites for hydroxylation is 1. The number of ether oxygens (including phenoxy) is 1. The molecule has 168 valence electrons. The van der Waals surface area contributed by atoms with Gasteiger partial charge in [-0.3, -0.25) is 14.4 Å². The molecule has 2 aliphatic rings. The maximum Gasteiger partial charge on any atom is 0.291 e. The van der Waals surface area contributed by atoms with Gasteiger partial charge in [0.15, 0.2) is 5.78 Å². The van der Waals surface area contributed by atoms with Gasteiger partial charge in [0.2, 0.25) is 5.78 Å². The van der Waals surface area contributed by atoms with E-state index in [1.165, 1.54) is 4.90 Å². The fraction of sp³-hybridized carbons (Fsp3) is 0.400. The maximum atomic E-state index is 13.5. The number of quaternary nitrogens is 2. The summed E-state index contributed by atoms with van der Waals surface area (Å²) in [4.78, 5) is 42.7. The number of benzene rings is 2. The summed E-state index contributed by atoms with van der Waals surface area (Å²) in [6, 6.07) is 13.9. The molecule has 2 aliphatic heterocycles. The molecule has 0 aliphatic carbocycles. The molecule has 0 radical (unpaired) electrons. The molecule has 2 aromatic rings. The van der Waals surface area contributed by atoms with Crippen LogP contribution in [0.1, 0.15) is 27.5 Å². The van der Waals surface area contributed by atoms with Gasteiger partial charge in [-0.05, 0) is 36.8 Å². The molecule has 0 spiro atoms. The molecule has 0 saturated carbocycles. The van der Waals surface area contributed by atoms with E-state index < -0.39 is 23.7 Å². The number of methoxy groups -OCH3 is 1. The summed E-state index contributed by atoms with van der Waals surface area (Å²) >= 11 is 0. The second-order valence-corrected chi connectivity index (χ2v) is 8.65. The van der Waals surface area contributed by atoms with Crippen molar-refractivity contribution >= 4 is 17.5 Å². The van der Waals surface area contributed by atoms with E-state index >= 15 is 0 Å². The monoisotopic (exact) mass is 437 g/mol. The van der Waals surface area contributed by atoms with E-state index in [-0.39, 0.29) is 5.78 Å². The molecule has 0 bridgehead atoms. The van der Waals surface area contributed by atoms with Crippen molar-refractivity contribution in [2.24, 2.45) is 5.92 Å². The van der Waals surface area contributed by atoms with E-state index in [1.54, 1.807) is 36.3 Å². The minimum atomic E-state index is -1.04. The zero-order valence-electron chi connectivity index (χ0n) is 18.7. The van der Waals surface area contributed by atoms with E-state index in [2.05, 4.69) is 5.32 Å². The third-order valence-corrected chi connectivity index (χ3v) is 6.59. The van der Waals surface area contributed by atoms with E-state index in [4.69, 9.17) is 4.74 Å². The molecule has 7 nitrogen and oxygen atoms in total. The van der Waals surface area contributed by atoms with Gasteiger partial charge in [0.25, 0.3) is 5.91 Å². The van der Waals surface area contributed by atoms with Crippen LogP contribution in [0.2, 0.25) is 0 Å². The van der Waals surface area contributed by atoms with Crippen LogP contribution in [0.5, 0.6) is 5.75 Å². The summed E-state index contributed by atoms with van der Waals surface area (Å²) in [6.45, 7) is 7.45. The molecule has 3 N–H and O–H groups in total. The third kappa shape index (κ3) is 4.45. The number of Topliss-reactive ketones (excluding diaryl/α,β-unsaturated/α-hetero) is 2. The highest BCUT2D eigenvalue weighted by Crippen LogP contribution is 2.38. The average molecular weight is 438 g/mol. The van der Waals surface area contributed by atoms with Crippen LogP contribution in [0.4, 0.5) is 0 Å². The largest absolute Gasteiger partial charge is 0.497 e. The fourth-order valence-corrected chi connectivity index (χ4v) is 4.71. The smallest absolute Gasteiger partial charge is 0.291 e.